The Morgan fingerprint density at radius 1 is 1.26 bits per heavy atom. The van der Waals surface area contributed by atoms with Crippen molar-refractivity contribution in [2.24, 2.45) is 0 Å². The van der Waals surface area contributed by atoms with E-state index in [2.05, 4.69) is 0 Å². The zero-order valence-corrected chi connectivity index (χ0v) is 12.7. The van der Waals surface area contributed by atoms with Crippen molar-refractivity contribution in [2.45, 2.75) is 52.2 Å². The first kappa shape index (κ1) is 16.3. The van der Waals surface area contributed by atoms with E-state index >= 15 is 0 Å². The van der Waals surface area contributed by atoms with Crippen LogP contribution in [0.4, 0.5) is 0 Å². The van der Waals surface area contributed by atoms with Gasteiger partial charge in [-0.15, -0.1) is 0 Å². The second kappa shape index (κ2) is 7.13. The van der Waals surface area contributed by atoms with Crippen LogP contribution in [0.3, 0.4) is 0 Å². The lowest BCUT2D eigenvalue weighted by Gasteiger charge is -2.22. The average molecular weight is 287 g/mol. The molecular weight excluding hydrogens is 264 g/mol. The van der Waals surface area contributed by atoms with Crippen LogP contribution in [0.15, 0.2) is 12.1 Å². The zero-order valence-electron chi connectivity index (χ0n) is 12.0. The van der Waals surface area contributed by atoms with Gasteiger partial charge in [-0.05, 0) is 56.4 Å². The van der Waals surface area contributed by atoms with E-state index in [-0.39, 0.29) is 5.92 Å². The first-order chi connectivity index (χ1) is 8.86. The summed E-state index contributed by atoms with van der Waals surface area (Å²) in [6.07, 6.45) is -1.01. The molecule has 0 bridgehead atoms. The van der Waals surface area contributed by atoms with E-state index in [4.69, 9.17) is 16.3 Å². The van der Waals surface area contributed by atoms with E-state index in [1.165, 1.54) is 0 Å². The predicted octanol–water partition coefficient (Wildman–Crippen LogP) is 3.28. The summed E-state index contributed by atoms with van der Waals surface area (Å²) in [4.78, 5) is 0. The summed E-state index contributed by atoms with van der Waals surface area (Å²) < 4.78 is 5.63. The molecule has 0 saturated carbocycles. The fraction of sp³-hybridized carbons (Fsp3) is 0.600. The lowest BCUT2D eigenvalue weighted by atomic mass is 9.92. The minimum atomic E-state index is -0.746. The molecule has 3 atom stereocenters. The van der Waals surface area contributed by atoms with Gasteiger partial charge in [-0.1, -0.05) is 18.5 Å². The molecule has 0 aliphatic rings. The van der Waals surface area contributed by atoms with Gasteiger partial charge in [-0.3, -0.25) is 0 Å². The van der Waals surface area contributed by atoms with Gasteiger partial charge in [0.25, 0.3) is 0 Å². The molecule has 0 heterocycles. The van der Waals surface area contributed by atoms with Crippen molar-refractivity contribution in [2.75, 3.05) is 6.61 Å². The third-order valence-electron chi connectivity index (χ3n) is 3.27. The molecule has 0 spiro atoms. The highest BCUT2D eigenvalue weighted by Gasteiger charge is 2.20. The molecule has 0 aliphatic heterocycles. The van der Waals surface area contributed by atoms with Crippen LogP contribution in [-0.4, -0.2) is 29.0 Å². The van der Waals surface area contributed by atoms with E-state index in [1.54, 1.807) is 6.92 Å². The van der Waals surface area contributed by atoms with Gasteiger partial charge in [-0.25, -0.2) is 0 Å². The Morgan fingerprint density at radius 2 is 1.89 bits per heavy atom. The Kier molecular flexibility index (Phi) is 6.11. The summed E-state index contributed by atoms with van der Waals surface area (Å²) in [6.45, 7) is 8.03. The SMILES string of the molecule is CCOc1cc(C)c(Cl)cc1C(C)CC(O)C(C)O. The van der Waals surface area contributed by atoms with Crippen LogP contribution < -0.4 is 4.74 Å². The Morgan fingerprint density at radius 3 is 2.42 bits per heavy atom. The highest BCUT2D eigenvalue weighted by atomic mass is 35.5. The molecule has 0 radical (unpaired) electrons. The van der Waals surface area contributed by atoms with Gasteiger partial charge in [0.05, 0.1) is 18.8 Å². The summed E-state index contributed by atoms with van der Waals surface area (Å²) in [5, 5.41) is 19.9. The Balaban J connectivity index is 3.00. The number of hydrogen-bond donors (Lipinski definition) is 2. The minimum absolute atomic E-state index is 0.0595. The fourth-order valence-electron chi connectivity index (χ4n) is 2.02. The third-order valence-corrected chi connectivity index (χ3v) is 3.68. The van der Waals surface area contributed by atoms with Gasteiger partial charge in [0.2, 0.25) is 0 Å². The van der Waals surface area contributed by atoms with Crippen LogP contribution in [0.1, 0.15) is 44.2 Å². The largest absolute Gasteiger partial charge is 0.494 e. The highest BCUT2D eigenvalue weighted by Crippen LogP contribution is 2.34. The molecule has 108 valence electrons. The van der Waals surface area contributed by atoms with Gasteiger partial charge in [0.1, 0.15) is 5.75 Å². The van der Waals surface area contributed by atoms with E-state index in [0.717, 1.165) is 16.9 Å². The summed E-state index contributed by atoms with van der Waals surface area (Å²) in [6, 6.07) is 3.81. The third kappa shape index (κ3) is 4.37. The number of ether oxygens (including phenoxy) is 1. The van der Waals surface area contributed by atoms with E-state index < -0.39 is 12.2 Å². The normalized spacial score (nSPS) is 15.9. The maximum atomic E-state index is 9.78. The Bertz CT molecular complexity index is 418. The molecule has 0 saturated heterocycles. The molecular formula is C15H23ClO3. The fourth-order valence-corrected chi connectivity index (χ4v) is 2.19. The zero-order chi connectivity index (χ0) is 14.6. The van der Waals surface area contributed by atoms with Crippen LogP contribution in [0, 0.1) is 6.92 Å². The van der Waals surface area contributed by atoms with E-state index in [0.29, 0.717) is 18.1 Å². The molecule has 1 aromatic carbocycles. The predicted molar refractivity (Wildman–Crippen MR) is 78.1 cm³/mol. The maximum Gasteiger partial charge on any atom is 0.123 e. The van der Waals surface area contributed by atoms with Crippen LogP contribution in [-0.2, 0) is 0 Å². The summed E-state index contributed by atoms with van der Waals surface area (Å²) in [5.74, 6) is 0.860. The van der Waals surface area contributed by atoms with Crippen molar-refractivity contribution in [1.82, 2.24) is 0 Å². The van der Waals surface area contributed by atoms with Crippen LogP contribution >= 0.6 is 11.6 Å². The molecule has 4 heteroatoms. The number of aryl methyl sites for hydroxylation is 1. The topological polar surface area (TPSA) is 49.7 Å². The van der Waals surface area contributed by atoms with Gasteiger partial charge in [-0.2, -0.15) is 0 Å². The molecule has 1 rings (SSSR count). The number of aliphatic hydroxyl groups is 2. The molecule has 0 fully saturated rings. The molecule has 2 N–H and O–H groups in total. The monoisotopic (exact) mass is 286 g/mol. The van der Waals surface area contributed by atoms with Crippen LogP contribution in [0.5, 0.6) is 5.75 Å². The molecule has 3 nitrogen and oxygen atoms in total. The number of aliphatic hydroxyl groups excluding tert-OH is 2. The second-order valence-electron chi connectivity index (χ2n) is 5.02. The van der Waals surface area contributed by atoms with Gasteiger partial charge < -0.3 is 14.9 Å². The minimum Gasteiger partial charge on any atom is -0.494 e. The number of rotatable bonds is 6. The lowest BCUT2D eigenvalue weighted by molar-refractivity contribution is 0.0226. The molecule has 3 unspecified atom stereocenters. The van der Waals surface area contributed by atoms with Crippen LogP contribution in [0.2, 0.25) is 5.02 Å². The first-order valence-corrected chi connectivity index (χ1v) is 7.03. The highest BCUT2D eigenvalue weighted by molar-refractivity contribution is 6.31. The van der Waals surface area contributed by atoms with Crippen LogP contribution in [0.25, 0.3) is 0 Å². The smallest absolute Gasteiger partial charge is 0.123 e. The van der Waals surface area contributed by atoms with Gasteiger partial charge >= 0.3 is 0 Å². The first-order valence-electron chi connectivity index (χ1n) is 6.65. The second-order valence-corrected chi connectivity index (χ2v) is 5.42. The van der Waals surface area contributed by atoms with Crippen molar-refractivity contribution >= 4 is 11.6 Å². The van der Waals surface area contributed by atoms with E-state index in [9.17, 15) is 10.2 Å². The summed E-state index contributed by atoms with van der Waals surface area (Å²) in [5.41, 5.74) is 1.94. The summed E-state index contributed by atoms with van der Waals surface area (Å²) in [7, 11) is 0. The quantitative estimate of drug-likeness (QED) is 0.844. The van der Waals surface area contributed by atoms with Crippen molar-refractivity contribution in [3.63, 3.8) is 0 Å². The number of hydrogen-bond acceptors (Lipinski definition) is 3. The molecule has 19 heavy (non-hydrogen) atoms. The Labute approximate surface area is 120 Å². The lowest BCUT2D eigenvalue weighted by Crippen LogP contribution is -2.24. The standard InChI is InChI=1S/C15H23ClO3/c1-5-19-15-7-10(3)13(16)8-12(15)9(2)6-14(18)11(4)17/h7-9,11,14,17-18H,5-6H2,1-4H3. The number of benzene rings is 1. The van der Waals surface area contributed by atoms with Crippen molar-refractivity contribution in [3.05, 3.63) is 28.3 Å². The summed E-state index contributed by atoms with van der Waals surface area (Å²) >= 11 is 6.16. The van der Waals surface area contributed by atoms with Crippen molar-refractivity contribution < 1.29 is 14.9 Å². The van der Waals surface area contributed by atoms with Crippen molar-refractivity contribution in [1.29, 1.82) is 0 Å². The molecule has 1 aromatic rings. The maximum absolute atomic E-state index is 9.78. The Hall–Kier alpha value is -0.770. The van der Waals surface area contributed by atoms with E-state index in [1.807, 2.05) is 32.9 Å². The molecule has 0 aliphatic carbocycles. The molecule has 0 aromatic heterocycles. The average Bonchev–Trinajstić information content (AvgIpc) is 2.33. The van der Waals surface area contributed by atoms with Crippen molar-refractivity contribution in [3.8, 4) is 5.75 Å². The van der Waals surface area contributed by atoms with Gasteiger partial charge in [0, 0.05) is 5.02 Å². The van der Waals surface area contributed by atoms with Gasteiger partial charge in [0.15, 0.2) is 0 Å². The number of halogens is 1. The molecule has 0 amide bonds.